The van der Waals surface area contributed by atoms with Crippen LogP contribution in [0.25, 0.3) is 11.3 Å². The fourth-order valence-electron chi connectivity index (χ4n) is 3.04. The van der Waals surface area contributed by atoms with Crippen molar-refractivity contribution in [2.24, 2.45) is 0 Å². The molecule has 3 rings (SSSR count). The molecule has 1 aromatic carbocycles. The van der Waals surface area contributed by atoms with Gasteiger partial charge in [-0.1, -0.05) is 11.6 Å². The highest BCUT2D eigenvalue weighted by molar-refractivity contribution is 6.30. The minimum absolute atomic E-state index is 0.0878. The highest BCUT2D eigenvalue weighted by Gasteiger charge is 2.32. The van der Waals surface area contributed by atoms with E-state index in [0.717, 1.165) is 0 Å². The van der Waals surface area contributed by atoms with E-state index < -0.39 is 29.5 Å². The van der Waals surface area contributed by atoms with E-state index in [1.807, 2.05) is 0 Å². The standard InChI is InChI=1S/C21H23ClFN3O5/c1-21(2,3)31-19(27)14-10-16(13-9-12(22)5-6-15(13)23)24-25-18(14)26-7-8-30-17(11-26)20(28)29-4/h5-6,9-10,17H,7-8,11H2,1-4H3. The van der Waals surface area contributed by atoms with Crippen molar-refractivity contribution < 1.29 is 28.2 Å². The minimum atomic E-state index is -0.836. The highest BCUT2D eigenvalue weighted by Crippen LogP contribution is 2.29. The molecule has 0 spiro atoms. The smallest absolute Gasteiger partial charge is 0.342 e. The zero-order valence-corrected chi connectivity index (χ0v) is 18.4. The zero-order chi connectivity index (χ0) is 22.8. The van der Waals surface area contributed by atoms with Crippen LogP contribution < -0.4 is 4.90 Å². The van der Waals surface area contributed by atoms with Gasteiger partial charge in [0.2, 0.25) is 0 Å². The van der Waals surface area contributed by atoms with E-state index in [1.165, 1.54) is 31.4 Å². The van der Waals surface area contributed by atoms with Crippen molar-refractivity contribution in [3.63, 3.8) is 0 Å². The Labute approximate surface area is 184 Å². The zero-order valence-electron chi connectivity index (χ0n) is 17.6. The lowest BCUT2D eigenvalue weighted by Gasteiger charge is -2.33. The Morgan fingerprint density at radius 3 is 2.68 bits per heavy atom. The number of hydrogen-bond donors (Lipinski definition) is 0. The Kier molecular flexibility index (Phi) is 6.76. The lowest BCUT2D eigenvalue weighted by Crippen LogP contribution is -2.47. The molecular formula is C21H23ClFN3O5. The Bertz CT molecular complexity index is 995. The molecule has 166 valence electrons. The highest BCUT2D eigenvalue weighted by atomic mass is 35.5. The molecular weight excluding hydrogens is 429 g/mol. The lowest BCUT2D eigenvalue weighted by molar-refractivity contribution is -0.154. The first-order valence-corrected chi connectivity index (χ1v) is 9.97. The fraction of sp³-hybridized carbons (Fsp3) is 0.429. The number of nitrogens with zero attached hydrogens (tertiary/aromatic N) is 3. The molecule has 1 unspecified atom stereocenters. The molecule has 1 fully saturated rings. The van der Waals surface area contributed by atoms with Gasteiger partial charge in [-0.05, 0) is 45.0 Å². The third kappa shape index (κ3) is 5.48. The summed E-state index contributed by atoms with van der Waals surface area (Å²) in [7, 11) is 1.27. The molecule has 0 aliphatic carbocycles. The molecule has 0 saturated carbocycles. The first-order chi connectivity index (χ1) is 14.6. The van der Waals surface area contributed by atoms with Crippen molar-refractivity contribution in [2.45, 2.75) is 32.5 Å². The topological polar surface area (TPSA) is 90.9 Å². The van der Waals surface area contributed by atoms with E-state index in [9.17, 15) is 14.0 Å². The van der Waals surface area contributed by atoms with E-state index in [1.54, 1.807) is 25.7 Å². The van der Waals surface area contributed by atoms with E-state index in [2.05, 4.69) is 10.2 Å². The third-order valence-corrected chi connectivity index (χ3v) is 4.66. The summed E-state index contributed by atoms with van der Waals surface area (Å²) >= 11 is 6.00. The van der Waals surface area contributed by atoms with Crippen molar-refractivity contribution in [2.75, 3.05) is 31.7 Å². The predicted octanol–water partition coefficient (Wildman–Crippen LogP) is 3.27. The molecule has 2 aromatic rings. The van der Waals surface area contributed by atoms with E-state index >= 15 is 0 Å². The molecule has 31 heavy (non-hydrogen) atoms. The summed E-state index contributed by atoms with van der Waals surface area (Å²) in [6.45, 7) is 5.90. The van der Waals surface area contributed by atoms with E-state index in [0.29, 0.717) is 11.6 Å². The van der Waals surface area contributed by atoms with Gasteiger partial charge >= 0.3 is 11.9 Å². The molecule has 1 aliphatic heterocycles. The van der Waals surface area contributed by atoms with Crippen LogP contribution in [0.1, 0.15) is 31.1 Å². The summed E-state index contributed by atoms with van der Waals surface area (Å²) < 4.78 is 30.1. The lowest BCUT2D eigenvalue weighted by atomic mass is 10.1. The summed E-state index contributed by atoms with van der Waals surface area (Å²) in [6.07, 6.45) is -0.836. The summed E-state index contributed by atoms with van der Waals surface area (Å²) in [5, 5.41) is 8.59. The summed E-state index contributed by atoms with van der Waals surface area (Å²) in [4.78, 5) is 26.6. The van der Waals surface area contributed by atoms with Crippen LogP contribution in [0.4, 0.5) is 10.2 Å². The number of carbonyl (C=O) groups is 2. The summed E-state index contributed by atoms with van der Waals surface area (Å²) in [6, 6.07) is 5.44. The van der Waals surface area contributed by atoms with Gasteiger partial charge in [0, 0.05) is 17.1 Å². The monoisotopic (exact) mass is 451 g/mol. The molecule has 1 saturated heterocycles. The number of carbonyl (C=O) groups excluding carboxylic acids is 2. The minimum Gasteiger partial charge on any atom is -0.467 e. The molecule has 1 aliphatic rings. The SMILES string of the molecule is COC(=O)C1CN(c2nnc(-c3cc(Cl)ccc3F)cc2C(=O)OC(C)(C)C)CCO1. The molecule has 1 atom stereocenters. The molecule has 0 radical (unpaired) electrons. The number of aromatic nitrogens is 2. The van der Waals surface area contributed by atoms with Gasteiger partial charge in [-0.25, -0.2) is 14.0 Å². The number of esters is 2. The third-order valence-electron chi connectivity index (χ3n) is 4.43. The van der Waals surface area contributed by atoms with Crippen LogP contribution in [0, 0.1) is 5.82 Å². The average Bonchev–Trinajstić information content (AvgIpc) is 2.73. The summed E-state index contributed by atoms with van der Waals surface area (Å²) in [5.74, 6) is -1.53. The predicted molar refractivity (Wildman–Crippen MR) is 112 cm³/mol. The molecule has 1 aromatic heterocycles. The van der Waals surface area contributed by atoms with Crippen molar-refractivity contribution in [3.05, 3.63) is 40.7 Å². The van der Waals surface area contributed by atoms with Crippen LogP contribution in [-0.4, -0.2) is 60.6 Å². The van der Waals surface area contributed by atoms with Gasteiger partial charge in [0.25, 0.3) is 0 Å². The number of anilines is 1. The van der Waals surface area contributed by atoms with Gasteiger partial charge in [-0.3, -0.25) is 0 Å². The number of rotatable bonds is 4. The van der Waals surface area contributed by atoms with Crippen LogP contribution >= 0.6 is 11.6 Å². The van der Waals surface area contributed by atoms with Crippen molar-refractivity contribution in [3.8, 4) is 11.3 Å². The largest absolute Gasteiger partial charge is 0.467 e. The van der Waals surface area contributed by atoms with Gasteiger partial charge in [-0.2, -0.15) is 0 Å². The second-order valence-corrected chi connectivity index (χ2v) is 8.36. The van der Waals surface area contributed by atoms with Crippen LogP contribution in [0.3, 0.4) is 0 Å². The number of hydrogen-bond acceptors (Lipinski definition) is 8. The normalized spacial score (nSPS) is 16.7. The molecule has 0 bridgehead atoms. The number of benzene rings is 1. The van der Waals surface area contributed by atoms with Gasteiger partial charge in [0.1, 0.15) is 17.0 Å². The number of ether oxygens (including phenoxy) is 3. The molecule has 0 N–H and O–H groups in total. The Morgan fingerprint density at radius 2 is 2.00 bits per heavy atom. The molecule has 0 amide bonds. The van der Waals surface area contributed by atoms with Crippen LogP contribution in [-0.2, 0) is 19.0 Å². The Hall–Kier alpha value is -2.78. The molecule has 10 heteroatoms. The first kappa shape index (κ1) is 22.9. The van der Waals surface area contributed by atoms with Crippen molar-refractivity contribution >= 4 is 29.4 Å². The van der Waals surface area contributed by atoms with Gasteiger partial charge in [0.05, 0.1) is 26.0 Å². The maximum atomic E-state index is 14.4. The fourth-order valence-corrected chi connectivity index (χ4v) is 3.22. The Balaban J connectivity index is 2.05. The van der Waals surface area contributed by atoms with Crippen LogP contribution in [0.2, 0.25) is 5.02 Å². The van der Waals surface area contributed by atoms with Crippen LogP contribution in [0.5, 0.6) is 0 Å². The van der Waals surface area contributed by atoms with Gasteiger partial charge in [0.15, 0.2) is 11.9 Å². The van der Waals surface area contributed by atoms with E-state index in [-0.39, 0.29) is 35.8 Å². The van der Waals surface area contributed by atoms with Crippen LogP contribution in [0.15, 0.2) is 24.3 Å². The number of morpholine rings is 1. The van der Waals surface area contributed by atoms with Gasteiger partial charge in [-0.15, -0.1) is 10.2 Å². The van der Waals surface area contributed by atoms with E-state index in [4.69, 9.17) is 25.8 Å². The van der Waals surface area contributed by atoms with Gasteiger partial charge < -0.3 is 19.1 Å². The second-order valence-electron chi connectivity index (χ2n) is 7.92. The average molecular weight is 452 g/mol. The molecule has 8 nitrogen and oxygen atoms in total. The second kappa shape index (κ2) is 9.15. The quantitative estimate of drug-likeness (QED) is 0.654. The Morgan fingerprint density at radius 1 is 1.26 bits per heavy atom. The number of halogens is 2. The number of methoxy groups -OCH3 is 1. The first-order valence-electron chi connectivity index (χ1n) is 9.60. The molecule has 2 heterocycles. The van der Waals surface area contributed by atoms with Crippen molar-refractivity contribution in [1.82, 2.24) is 10.2 Å². The maximum absolute atomic E-state index is 14.4. The summed E-state index contributed by atoms with van der Waals surface area (Å²) in [5.41, 5.74) is -0.448. The maximum Gasteiger partial charge on any atom is 0.342 e. The van der Waals surface area contributed by atoms with Crippen molar-refractivity contribution in [1.29, 1.82) is 0 Å².